The molecule has 2 aromatic rings. The van der Waals surface area contributed by atoms with Crippen LogP contribution in [0.2, 0.25) is 0 Å². The van der Waals surface area contributed by atoms with Gasteiger partial charge in [-0.05, 0) is 74.0 Å². The average molecular weight is 417 g/mol. The van der Waals surface area contributed by atoms with E-state index in [-0.39, 0.29) is 0 Å². The van der Waals surface area contributed by atoms with Crippen LogP contribution < -0.4 is 5.32 Å². The Morgan fingerprint density at radius 3 is 2.25 bits per heavy atom. The molecule has 4 heteroatoms. The maximum atomic E-state index is 3.65. The lowest BCUT2D eigenvalue weighted by Crippen LogP contribution is -2.18. The summed E-state index contributed by atoms with van der Waals surface area (Å²) in [6.45, 7) is 4.46. The largest absolute Gasteiger partial charge is 0.313 e. The number of likely N-dealkylation sites (N-methyl/N-ethyl adjacent to an activating group) is 1. The van der Waals surface area contributed by atoms with Gasteiger partial charge in [-0.3, -0.25) is 0 Å². The third kappa shape index (κ3) is 3.94. The zero-order valence-electron chi connectivity index (χ0n) is 11.9. The number of halogens is 2. The molecular formula is C16H19Br2NS. The molecule has 0 fully saturated rings. The van der Waals surface area contributed by atoms with Gasteiger partial charge in [-0.2, -0.15) is 0 Å². The number of benzene rings is 1. The smallest absolute Gasteiger partial charge is 0.0758 e. The fourth-order valence-electron chi connectivity index (χ4n) is 2.23. The van der Waals surface area contributed by atoms with E-state index in [0.717, 1.165) is 10.2 Å². The summed E-state index contributed by atoms with van der Waals surface area (Å²) in [5.74, 6) is 0.589. The van der Waals surface area contributed by atoms with Crippen LogP contribution in [0, 0.1) is 0 Å². The summed E-state index contributed by atoms with van der Waals surface area (Å²) in [6.07, 6.45) is 0.997. The Labute approximate surface area is 142 Å². The minimum absolute atomic E-state index is 0.330. The van der Waals surface area contributed by atoms with Gasteiger partial charge in [0.2, 0.25) is 0 Å². The van der Waals surface area contributed by atoms with Gasteiger partial charge in [0.25, 0.3) is 0 Å². The van der Waals surface area contributed by atoms with Crippen molar-refractivity contribution in [1.82, 2.24) is 5.32 Å². The van der Waals surface area contributed by atoms with Crippen LogP contribution in [0.1, 0.15) is 42.5 Å². The molecule has 1 aromatic heterocycles. The summed E-state index contributed by atoms with van der Waals surface area (Å²) in [4.78, 5) is 0. The molecule has 0 aliphatic rings. The lowest BCUT2D eigenvalue weighted by molar-refractivity contribution is 0.591. The molecule has 0 bridgehead atoms. The van der Waals surface area contributed by atoms with Gasteiger partial charge in [-0.15, -0.1) is 11.3 Å². The third-order valence-corrected chi connectivity index (χ3v) is 5.88. The molecule has 0 radical (unpaired) electrons. The maximum absolute atomic E-state index is 3.65. The standard InChI is InChI=1S/C16H19Br2NS/c1-10(2)12-6-4-11(5-7-12)8-14(19-3)13-9-15(17)20-16(13)18/h4-7,9-10,14,19H,8H2,1-3H3. The predicted octanol–water partition coefficient (Wildman–Crippen LogP) is 5.90. The number of thiophene rings is 1. The first-order chi connectivity index (χ1) is 9.51. The molecule has 0 aliphatic heterocycles. The Morgan fingerprint density at radius 2 is 1.80 bits per heavy atom. The molecule has 0 spiro atoms. The van der Waals surface area contributed by atoms with Gasteiger partial charge in [-0.1, -0.05) is 38.1 Å². The molecule has 0 amide bonds. The van der Waals surface area contributed by atoms with Crippen LogP contribution in [0.25, 0.3) is 0 Å². The lowest BCUT2D eigenvalue weighted by Gasteiger charge is -2.16. The molecule has 0 saturated heterocycles. The molecule has 0 saturated carbocycles. The van der Waals surface area contributed by atoms with Crippen molar-refractivity contribution in [3.8, 4) is 0 Å². The van der Waals surface area contributed by atoms with Crippen LogP contribution in [0.15, 0.2) is 37.9 Å². The zero-order valence-corrected chi connectivity index (χ0v) is 15.9. The Hall–Kier alpha value is -0.160. The Balaban J connectivity index is 2.16. The van der Waals surface area contributed by atoms with E-state index in [1.165, 1.54) is 20.5 Å². The second-order valence-corrected chi connectivity index (χ2v) is 8.97. The molecule has 0 aliphatic carbocycles. The number of nitrogens with one attached hydrogen (secondary N) is 1. The fraction of sp³-hybridized carbons (Fsp3) is 0.375. The predicted molar refractivity (Wildman–Crippen MR) is 95.8 cm³/mol. The van der Waals surface area contributed by atoms with E-state index >= 15 is 0 Å². The van der Waals surface area contributed by atoms with Gasteiger partial charge in [-0.25, -0.2) is 0 Å². The van der Waals surface area contributed by atoms with Crippen molar-refractivity contribution in [2.75, 3.05) is 7.05 Å². The summed E-state index contributed by atoms with van der Waals surface area (Å²) in [5.41, 5.74) is 4.08. The van der Waals surface area contributed by atoms with E-state index < -0.39 is 0 Å². The van der Waals surface area contributed by atoms with Crippen LogP contribution in [-0.2, 0) is 6.42 Å². The first kappa shape index (κ1) is 16.2. The lowest BCUT2D eigenvalue weighted by atomic mass is 9.97. The minimum Gasteiger partial charge on any atom is -0.313 e. The second kappa shape index (κ2) is 7.21. The van der Waals surface area contributed by atoms with E-state index in [4.69, 9.17) is 0 Å². The first-order valence-electron chi connectivity index (χ1n) is 6.72. The highest BCUT2D eigenvalue weighted by Gasteiger charge is 2.16. The van der Waals surface area contributed by atoms with E-state index in [1.54, 1.807) is 11.3 Å². The van der Waals surface area contributed by atoms with Gasteiger partial charge in [0, 0.05) is 6.04 Å². The highest BCUT2D eigenvalue weighted by molar-refractivity contribution is 9.12. The summed E-state index contributed by atoms with van der Waals surface area (Å²) >= 11 is 8.93. The number of rotatable bonds is 5. The minimum atomic E-state index is 0.330. The van der Waals surface area contributed by atoms with Crippen molar-refractivity contribution in [1.29, 1.82) is 0 Å². The molecule has 1 N–H and O–H groups in total. The Morgan fingerprint density at radius 1 is 1.15 bits per heavy atom. The summed E-state index contributed by atoms with van der Waals surface area (Å²) in [7, 11) is 2.02. The molecular weight excluding hydrogens is 398 g/mol. The molecule has 1 unspecified atom stereocenters. The normalized spacial score (nSPS) is 12.9. The maximum Gasteiger partial charge on any atom is 0.0758 e. The van der Waals surface area contributed by atoms with Gasteiger partial charge < -0.3 is 5.32 Å². The van der Waals surface area contributed by atoms with Gasteiger partial charge >= 0.3 is 0 Å². The van der Waals surface area contributed by atoms with Gasteiger partial charge in [0.1, 0.15) is 0 Å². The molecule has 108 valence electrons. The van der Waals surface area contributed by atoms with E-state index in [0.29, 0.717) is 12.0 Å². The highest BCUT2D eigenvalue weighted by Crippen LogP contribution is 2.36. The quantitative estimate of drug-likeness (QED) is 0.639. The average Bonchev–Trinajstić information content (AvgIpc) is 2.75. The van der Waals surface area contributed by atoms with E-state index in [9.17, 15) is 0 Å². The first-order valence-corrected chi connectivity index (χ1v) is 9.12. The second-order valence-electron chi connectivity index (χ2n) is 5.22. The Bertz CT molecular complexity index is 560. The molecule has 1 nitrogen and oxygen atoms in total. The SMILES string of the molecule is CNC(Cc1ccc(C(C)C)cc1)c1cc(Br)sc1Br. The van der Waals surface area contributed by atoms with Gasteiger partial charge in [0.15, 0.2) is 0 Å². The monoisotopic (exact) mass is 415 g/mol. The molecule has 20 heavy (non-hydrogen) atoms. The fourth-order valence-corrected chi connectivity index (χ4v) is 5.21. The third-order valence-electron chi connectivity index (χ3n) is 3.49. The van der Waals surface area contributed by atoms with Crippen molar-refractivity contribution in [2.45, 2.75) is 32.2 Å². The summed E-state index contributed by atoms with van der Waals surface area (Å²) < 4.78 is 2.36. The Kier molecular flexibility index (Phi) is 5.84. The van der Waals surface area contributed by atoms with E-state index in [1.807, 2.05) is 7.05 Å². The van der Waals surface area contributed by atoms with Crippen molar-refractivity contribution in [3.05, 3.63) is 54.6 Å². The van der Waals surface area contributed by atoms with Crippen molar-refractivity contribution in [2.24, 2.45) is 0 Å². The molecule has 1 heterocycles. The summed E-state index contributed by atoms with van der Waals surface area (Å²) in [5, 5.41) is 3.41. The molecule has 1 aromatic carbocycles. The number of hydrogen-bond donors (Lipinski definition) is 1. The van der Waals surface area contributed by atoms with Gasteiger partial charge in [0.05, 0.1) is 7.57 Å². The van der Waals surface area contributed by atoms with Crippen LogP contribution >= 0.6 is 43.2 Å². The molecule has 2 rings (SSSR count). The topological polar surface area (TPSA) is 12.0 Å². The number of hydrogen-bond acceptors (Lipinski definition) is 2. The van der Waals surface area contributed by atoms with Crippen LogP contribution in [-0.4, -0.2) is 7.05 Å². The zero-order chi connectivity index (χ0) is 14.7. The van der Waals surface area contributed by atoms with Crippen LogP contribution in [0.3, 0.4) is 0 Å². The van der Waals surface area contributed by atoms with Crippen LogP contribution in [0.5, 0.6) is 0 Å². The van der Waals surface area contributed by atoms with Crippen molar-refractivity contribution < 1.29 is 0 Å². The van der Waals surface area contributed by atoms with Crippen molar-refractivity contribution >= 4 is 43.2 Å². The van der Waals surface area contributed by atoms with E-state index in [2.05, 4.69) is 81.4 Å². The van der Waals surface area contributed by atoms with Crippen molar-refractivity contribution in [3.63, 3.8) is 0 Å². The van der Waals surface area contributed by atoms with Crippen LogP contribution in [0.4, 0.5) is 0 Å². The highest BCUT2D eigenvalue weighted by atomic mass is 79.9. The summed E-state index contributed by atoms with van der Waals surface area (Å²) in [6, 6.07) is 11.5. The molecule has 1 atom stereocenters.